The van der Waals surface area contributed by atoms with E-state index in [1.165, 1.54) is 12.8 Å². The molecular formula is C15H21Cl2NO. The lowest BCUT2D eigenvalue weighted by atomic mass is 10.1. The number of hydrogen-bond donors (Lipinski definition) is 1. The highest BCUT2D eigenvalue weighted by Crippen LogP contribution is 2.28. The third-order valence-corrected chi connectivity index (χ3v) is 3.96. The monoisotopic (exact) mass is 301 g/mol. The zero-order valence-electron chi connectivity index (χ0n) is 11.3. The van der Waals surface area contributed by atoms with Gasteiger partial charge in [-0.15, -0.1) is 0 Å². The highest BCUT2D eigenvalue weighted by atomic mass is 35.5. The van der Waals surface area contributed by atoms with Crippen molar-refractivity contribution in [1.82, 2.24) is 5.32 Å². The highest BCUT2D eigenvalue weighted by Gasteiger charge is 2.20. The van der Waals surface area contributed by atoms with Gasteiger partial charge in [-0.3, -0.25) is 0 Å². The van der Waals surface area contributed by atoms with Crippen molar-refractivity contribution in [1.29, 1.82) is 0 Å². The quantitative estimate of drug-likeness (QED) is 0.716. The molecule has 1 fully saturated rings. The van der Waals surface area contributed by atoms with Gasteiger partial charge >= 0.3 is 0 Å². The summed E-state index contributed by atoms with van der Waals surface area (Å²) in [5.74, 6) is 0.847. The average molecular weight is 302 g/mol. The summed E-state index contributed by atoms with van der Waals surface area (Å²) < 4.78 is 5.60. The van der Waals surface area contributed by atoms with Gasteiger partial charge in [0.25, 0.3) is 0 Å². The molecule has 0 bridgehead atoms. The minimum Gasteiger partial charge on any atom is -0.381 e. The third-order valence-electron chi connectivity index (χ3n) is 3.40. The molecule has 1 N–H and O–H groups in total. The van der Waals surface area contributed by atoms with Gasteiger partial charge in [0, 0.05) is 29.3 Å². The largest absolute Gasteiger partial charge is 0.381 e. The Morgan fingerprint density at radius 1 is 1.37 bits per heavy atom. The first-order valence-electron chi connectivity index (χ1n) is 6.93. The van der Waals surface area contributed by atoms with Crippen molar-refractivity contribution in [2.24, 2.45) is 5.92 Å². The van der Waals surface area contributed by atoms with Gasteiger partial charge in [0.2, 0.25) is 0 Å². The van der Waals surface area contributed by atoms with Crippen LogP contribution in [0.1, 0.15) is 37.8 Å². The maximum Gasteiger partial charge on any atom is 0.0494 e. The van der Waals surface area contributed by atoms with Gasteiger partial charge in [-0.05, 0) is 56.3 Å². The molecule has 1 saturated carbocycles. The van der Waals surface area contributed by atoms with Crippen LogP contribution < -0.4 is 5.32 Å². The van der Waals surface area contributed by atoms with E-state index in [-0.39, 0.29) is 6.04 Å². The lowest BCUT2D eigenvalue weighted by Gasteiger charge is -2.16. The summed E-state index contributed by atoms with van der Waals surface area (Å²) in [7, 11) is 0. The smallest absolute Gasteiger partial charge is 0.0494 e. The molecule has 2 nitrogen and oxygen atoms in total. The van der Waals surface area contributed by atoms with Crippen LogP contribution in [-0.4, -0.2) is 19.8 Å². The molecule has 19 heavy (non-hydrogen) atoms. The summed E-state index contributed by atoms with van der Waals surface area (Å²) >= 11 is 12.1. The number of ether oxygens (including phenoxy) is 1. The zero-order valence-corrected chi connectivity index (χ0v) is 12.8. The molecular weight excluding hydrogens is 281 g/mol. The summed E-state index contributed by atoms with van der Waals surface area (Å²) in [4.78, 5) is 0. The van der Waals surface area contributed by atoms with Crippen LogP contribution >= 0.6 is 23.2 Å². The van der Waals surface area contributed by atoms with Crippen LogP contribution in [0.3, 0.4) is 0 Å². The Bertz CT molecular complexity index is 407. The fraction of sp³-hybridized carbons (Fsp3) is 0.600. The second-order valence-electron chi connectivity index (χ2n) is 5.21. The van der Waals surface area contributed by atoms with Crippen molar-refractivity contribution in [3.05, 3.63) is 33.8 Å². The predicted octanol–water partition coefficient (Wildman–Crippen LogP) is 4.46. The van der Waals surface area contributed by atoms with E-state index < -0.39 is 0 Å². The number of nitrogens with one attached hydrogen (secondary N) is 1. The Morgan fingerprint density at radius 3 is 2.84 bits per heavy atom. The molecule has 1 aliphatic carbocycles. The third kappa shape index (κ3) is 5.31. The van der Waals surface area contributed by atoms with E-state index in [4.69, 9.17) is 27.9 Å². The summed E-state index contributed by atoms with van der Waals surface area (Å²) in [6.45, 7) is 4.83. The number of halogens is 2. The number of benzene rings is 1. The molecule has 2 rings (SSSR count). The maximum absolute atomic E-state index is 6.18. The fourth-order valence-electron chi connectivity index (χ4n) is 1.99. The molecule has 0 heterocycles. The Morgan fingerprint density at radius 2 is 2.16 bits per heavy atom. The van der Waals surface area contributed by atoms with Crippen molar-refractivity contribution in [2.75, 3.05) is 19.8 Å². The van der Waals surface area contributed by atoms with Crippen LogP contribution in [-0.2, 0) is 4.74 Å². The topological polar surface area (TPSA) is 21.3 Å². The standard InChI is InChI=1S/C15H21Cl2NO/c1-11(14-6-5-13(16)9-15(14)17)18-7-2-8-19-10-12-3-4-12/h5-6,9,11-12,18H,2-4,7-8,10H2,1H3. The Balaban J connectivity index is 1.63. The number of hydrogen-bond acceptors (Lipinski definition) is 2. The maximum atomic E-state index is 6.18. The molecule has 0 saturated heterocycles. The second kappa shape index (κ2) is 7.49. The molecule has 1 atom stereocenters. The fourth-order valence-corrected chi connectivity index (χ4v) is 2.56. The van der Waals surface area contributed by atoms with E-state index in [9.17, 15) is 0 Å². The van der Waals surface area contributed by atoms with E-state index in [1.54, 1.807) is 6.07 Å². The van der Waals surface area contributed by atoms with Gasteiger partial charge in [0.15, 0.2) is 0 Å². The molecule has 0 aliphatic heterocycles. The first-order valence-corrected chi connectivity index (χ1v) is 7.68. The van der Waals surface area contributed by atoms with Crippen LogP contribution in [0.4, 0.5) is 0 Å². The van der Waals surface area contributed by atoms with Gasteiger partial charge < -0.3 is 10.1 Å². The van der Waals surface area contributed by atoms with E-state index in [2.05, 4.69) is 12.2 Å². The predicted molar refractivity (Wildman–Crippen MR) is 81.0 cm³/mol. The van der Waals surface area contributed by atoms with Crippen molar-refractivity contribution in [3.8, 4) is 0 Å². The van der Waals surface area contributed by atoms with Crippen molar-refractivity contribution >= 4 is 23.2 Å². The lowest BCUT2D eigenvalue weighted by molar-refractivity contribution is 0.121. The minimum absolute atomic E-state index is 0.230. The van der Waals surface area contributed by atoms with Crippen LogP contribution in [0.15, 0.2) is 18.2 Å². The van der Waals surface area contributed by atoms with Crippen LogP contribution in [0.25, 0.3) is 0 Å². The Labute approximate surface area is 125 Å². The van der Waals surface area contributed by atoms with E-state index in [0.29, 0.717) is 5.02 Å². The lowest BCUT2D eigenvalue weighted by Crippen LogP contribution is -2.21. The first kappa shape index (κ1) is 15.1. The van der Waals surface area contributed by atoms with Gasteiger partial charge in [-0.1, -0.05) is 29.3 Å². The molecule has 0 amide bonds. The second-order valence-corrected chi connectivity index (χ2v) is 6.06. The molecule has 1 aromatic rings. The van der Waals surface area contributed by atoms with Crippen molar-refractivity contribution in [3.63, 3.8) is 0 Å². The summed E-state index contributed by atoms with van der Waals surface area (Å²) in [6.07, 6.45) is 3.73. The van der Waals surface area contributed by atoms with Gasteiger partial charge in [0.1, 0.15) is 0 Å². The molecule has 1 aromatic carbocycles. The average Bonchev–Trinajstić information content (AvgIpc) is 3.17. The summed E-state index contributed by atoms with van der Waals surface area (Å²) in [6, 6.07) is 5.87. The normalized spacial score (nSPS) is 16.6. The van der Waals surface area contributed by atoms with E-state index in [1.807, 2.05) is 12.1 Å². The van der Waals surface area contributed by atoms with Crippen LogP contribution in [0.5, 0.6) is 0 Å². The van der Waals surface area contributed by atoms with E-state index >= 15 is 0 Å². The van der Waals surface area contributed by atoms with Crippen molar-refractivity contribution in [2.45, 2.75) is 32.2 Å². The molecule has 106 valence electrons. The summed E-state index contributed by atoms with van der Waals surface area (Å²) in [5.41, 5.74) is 1.09. The molecule has 0 radical (unpaired) electrons. The minimum atomic E-state index is 0.230. The molecule has 1 unspecified atom stereocenters. The highest BCUT2D eigenvalue weighted by molar-refractivity contribution is 6.35. The van der Waals surface area contributed by atoms with E-state index in [0.717, 1.165) is 42.7 Å². The zero-order chi connectivity index (χ0) is 13.7. The van der Waals surface area contributed by atoms with Gasteiger partial charge in [-0.25, -0.2) is 0 Å². The first-order chi connectivity index (χ1) is 9.16. The van der Waals surface area contributed by atoms with Crippen LogP contribution in [0, 0.1) is 5.92 Å². The number of rotatable bonds is 8. The molecule has 0 spiro atoms. The molecule has 1 aliphatic rings. The molecule has 4 heteroatoms. The summed E-state index contributed by atoms with van der Waals surface area (Å²) in [5, 5.41) is 4.85. The van der Waals surface area contributed by atoms with Crippen LogP contribution in [0.2, 0.25) is 10.0 Å². The molecule has 0 aromatic heterocycles. The van der Waals surface area contributed by atoms with Gasteiger partial charge in [0.05, 0.1) is 0 Å². The Hall–Kier alpha value is -0.280. The van der Waals surface area contributed by atoms with Crippen molar-refractivity contribution < 1.29 is 4.74 Å². The Kier molecular flexibility index (Phi) is 5.96. The van der Waals surface area contributed by atoms with Gasteiger partial charge in [-0.2, -0.15) is 0 Å². The SMILES string of the molecule is CC(NCCCOCC1CC1)c1ccc(Cl)cc1Cl.